The van der Waals surface area contributed by atoms with Gasteiger partial charge in [-0.3, -0.25) is 4.90 Å². The topological polar surface area (TPSA) is 58.6 Å². The molecule has 0 aliphatic carbocycles. The summed E-state index contributed by atoms with van der Waals surface area (Å²) in [6, 6.07) is 9.61. The molecule has 0 aromatic heterocycles. The Kier molecular flexibility index (Phi) is 8.47. The van der Waals surface area contributed by atoms with Gasteiger partial charge in [0, 0.05) is 13.1 Å². The van der Waals surface area contributed by atoms with Crippen molar-refractivity contribution in [3.05, 3.63) is 35.9 Å². The van der Waals surface area contributed by atoms with E-state index in [0.29, 0.717) is 19.5 Å². The molecule has 134 valence electrons. The van der Waals surface area contributed by atoms with E-state index >= 15 is 0 Å². The summed E-state index contributed by atoms with van der Waals surface area (Å²) < 4.78 is 5.42. The molecule has 0 spiro atoms. The smallest absolute Gasteiger partial charge is 0.410 e. The largest absolute Gasteiger partial charge is 0.444 e. The molecule has 0 saturated carbocycles. The normalized spacial score (nSPS) is 12.5. The molecule has 0 saturated heterocycles. The molecule has 5 nitrogen and oxygen atoms in total. The van der Waals surface area contributed by atoms with Crippen molar-refractivity contribution in [2.75, 3.05) is 13.1 Å². The zero-order valence-electron chi connectivity index (χ0n) is 15.2. The highest BCUT2D eigenvalue weighted by Gasteiger charge is 2.27. The zero-order chi connectivity index (χ0) is 18.0. The second-order valence-electron chi connectivity index (χ2n) is 6.83. The molecule has 0 heterocycles. The lowest BCUT2D eigenvalue weighted by Gasteiger charge is -2.30. The number of rotatable bonds is 9. The van der Waals surface area contributed by atoms with Crippen molar-refractivity contribution >= 4 is 12.4 Å². The van der Waals surface area contributed by atoms with Gasteiger partial charge in [-0.1, -0.05) is 37.3 Å². The Hall–Kier alpha value is -1.88. The van der Waals surface area contributed by atoms with Gasteiger partial charge in [0.25, 0.3) is 0 Å². The third kappa shape index (κ3) is 7.59. The van der Waals surface area contributed by atoms with Gasteiger partial charge in [-0.15, -0.1) is 0 Å². The van der Waals surface area contributed by atoms with Gasteiger partial charge in [0.15, 0.2) is 0 Å². The van der Waals surface area contributed by atoms with Crippen molar-refractivity contribution in [3.8, 4) is 0 Å². The Morgan fingerprint density at radius 2 is 1.96 bits per heavy atom. The molecule has 1 rings (SSSR count). The Morgan fingerprint density at radius 3 is 2.50 bits per heavy atom. The molecule has 0 radical (unpaired) electrons. The molecule has 5 heteroatoms. The Morgan fingerprint density at radius 1 is 1.29 bits per heavy atom. The Balaban J connectivity index is 2.53. The number of nitrogens with zero attached hydrogens (tertiary/aromatic N) is 1. The fourth-order valence-electron chi connectivity index (χ4n) is 2.33. The standard InChI is InChI=1S/C19H30N2O3/c1-5-13-21(18(23)24-19(2,3)4)17(15-22)11-12-20-14-16-9-7-6-8-10-16/h6-10,15,17,20H,5,11-14H2,1-4H3. The van der Waals surface area contributed by atoms with E-state index in [4.69, 9.17) is 4.74 Å². The van der Waals surface area contributed by atoms with Crippen LogP contribution in [0.3, 0.4) is 0 Å². The van der Waals surface area contributed by atoms with Gasteiger partial charge in [-0.2, -0.15) is 0 Å². The van der Waals surface area contributed by atoms with Crippen LogP contribution in [0.1, 0.15) is 46.1 Å². The quantitative estimate of drug-likeness (QED) is 0.555. The molecule has 1 N–H and O–H groups in total. The number of benzene rings is 1. The molecule has 24 heavy (non-hydrogen) atoms. The highest BCUT2D eigenvalue weighted by atomic mass is 16.6. The van der Waals surface area contributed by atoms with Crippen LogP contribution >= 0.6 is 0 Å². The molecule has 1 aromatic rings. The number of amides is 1. The molecular weight excluding hydrogens is 304 g/mol. The van der Waals surface area contributed by atoms with Crippen LogP contribution in [-0.2, 0) is 16.1 Å². The van der Waals surface area contributed by atoms with E-state index in [0.717, 1.165) is 19.3 Å². The first kappa shape index (κ1) is 20.2. The molecule has 1 unspecified atom stereocenters. The maximum Gasteiger partial charge on any atom is 0.410 e. The van der Waals surface area contributed by atoms with E-state index in [1.54, 1.807) is 0 Å². The van der Waals surface area contributed by atoms with E-state index in [9.17, 15) is 9.59 Å². The van der Waals surface area contributed by atoms with E-state index in [2.05, 4.69) is 5.32 Å². The molecule has 1 atom stereocenters. The maximum atomic E-state index is 12.3. The van der Waals surface area contributed by atoms with Crippen LogP contribution in [0, 0.1) is 0 Å². The van der Waals surface area contributed by atoms with E-state index in [1.165, 1.54) is 10.5 Å². The predicted octanol–water partition coefficient (Wildman–Crippen LogP) is 3.38. The van der Waals surface area contributed by atoms with Crippen molar-refractivity contribution in [1.29, 1.82) is 0 Å². The maximum absolute atomic E-state index is 12.3. The van der Waals surface area contributed by atoms with Crippen LogP contribution in [0.2, 0.25) is 0 Å². The fourth-order valence-corrected chi connectivity index (χ4v) is 2.33. The van der Waals surface area contributed by atoms with Crippen molar-refractivity contribution < 1.29 is 14.3 Å². The highest BCUT2D eigenvalue weighted by Crippen LogP contribution is 2.13. The lowest BCUT2D eigenvalue weighted by Crippen LogP contribution is -2.45. The highest BCUT2D eigenvalue weighted by molar-refractivity contribution is 5.73. The first-order valence-electron chi connectivity index (χ1n) is 8.57. The average Bonchev–Trinajstić information content (AvgIpc) is 2.53. The van der Waals surface area contributed by atoms with Crippen molar-refractivity contribution in [3.63, 3.8) is 0 Å². The van der Waals surface area contributed by atoms with Crippen LogP contribution in [0.25, 0.3) is 0 Å². The molecule has 0 fully saturated rings. The molecule has 0 aliphatic rings. The van der Waals surface area contributed by atoms with Gasteiger partial charge in [0.2, 0.25) is 0 Å². The first-order chi connectivity index (χ1) is 11.4. The fraction of sp³-hybridized carbons (Fsp3) is 0.579. The number of ether oxygens (including phenoxy) is 1. The van der Waals surface area contributed by atoms with E-state index in [1.807, 2.05) is 58.0 Å². The average molecular weight is 334 g/mol. The molecule has 1 aromatic carbocycles. The summed E-state index contributed by atoms with van der Waals surface area (Å²) in [5.41, 5.74) is 0.625. The SMILES string of the molecule is CCCN(C(=O)OC(C)(C)C)C(C=O)CCNCc1ccccc1. The van der Waals surface area contributed by atoms with Crippen LogP contribution in [0.15, 0.2) is 30.3 Å². The van der Waals surface area contributed by atoms with Crippen molar-refractivity contribution in [2.45, 2.75) is 58.7 Å². The van der Waals surface area contributed by atoms with E-state index < -0.39 is 17.7 Å². The predicted molar refractivity (Wildman–Crippen MR) is 95.8 cm³/mol. The summed E-state index contributed by atoms with van der Waals surface area (Å²) in [4.78, 5) is 25.3. The van der Waals surface area contributed by atoms with Gasteiger partial charge in [-0.05, 0) is 45.7 Å². The van der Waals surface area contributed by atoms with Gasteiger partial charge >= 0.3 is 6.09 Å². The Bertz CT molecular complexity index is 497. The van der Waals surface area contributed by atoms with Gasteiger partial charge in [0.1, 0.15) is 11.9 Å². The van der Waals surface area contributed by atoms with Crippen LogP contribution in [0.5, 0.6) is 0 Å². The second-order valence-corrected chi connectivity index (χ2v) is 6.83. The number of nitrogens with one attached hydrogen (secondary N) is 1. The summed E-state index contributed by atoms with van der Waals surface area (Å²) in [5.74, 6) is 0. The lowest BCUT2D eigenvalue weighted by molar-refractivity contribution is -0.112. The molecular formula is C19H30N2O3. The first-order valence-corrected chi connectivity index (χ1v) is 8.57. The number of aldehydes is 1. The minimum Gasteiger partial charge on any atom is -0.444 e. The number of hydrogen-bond donors (Lipinski definition) is 1. The number of carbonyl (C=O) groups excluding carboxylic acids is 2. The third-order valence-electron chi connectivity index (χ3n) is 3.44. The van der Waals surface area contributed by atoms with Crippen molar-refractivity contribution in [1.82, 2.24) is 10.2 Å². The van der Waals surface area contributed by atoms with Crippen LogP contribution in [-0.4, -0.2) is 42.0 Å². The third-order valence-corrected chi connectivity index (χ3v) is 3.44. The summed E-state index contributed by atoms with van der Waals surface area (Å²) in [6.07, 6.45) is 1.75. The van der Waals surface area contributed by atoms with Gasteiger partial charge < -0.3 is 14.8 Å². The number of hydrogen-bond acceptors (Lipinski definition) is 4. The summed E-state index contributed by atoms with van der Waals surface area (Å²) >= 11 is 0. The zero-order valence-corrected chi connectivity index (χ0v) is 15.2. The van der Waals surface area contributed by atoms with E-state index in [-0.39, 0.29) is 0 Å². The lowest BCUT2D eigenvalue weighted by atomic mass is 10.1. The summed E-state index contributed by atoms with van der Waals surface area (Å²) in [6.45, 7) is 9.36. The minimum absolute atomic E-state index is 0.426. The van der Waals surface area contributed by atoms with Gasteiger partial charge in [-0.25, -0.2) is 4.79 Å². The monoisotopic (exact) mass is 334 g/mol. The van der Waals surface area contributed by atoms with Crippen LogP contribution in [0.4, 0.5) is 4.79 Å². The number of carbonyl (C=O) groups is 2. The second kappa shape index (κ2) is 10.1. The van der Waals surface area contributed by atoms with Crippen molar-refractivity contribution in [2.24, 2.45) is 0 Å². The summed E-state index contributed by atoms with van der Waals surface area (Å²) in [5, 5.41) is 3.31. The summed E-state index contributed by atoms with van der Waals surface area (Å²) in [7, 11) is 0. The van der Waals surface area contributed by atoms with Gasteiger partial charge in [0.05, 0.1) is 6.04 Å². The van der Waals surface area contributed by atoms with Crippen LogP contribution < -0.4 is 5.32 Å². The molecule has 0 aliphatic heterocycles. The molecule has 0 bridgehead atoms. The molecule has 1 amide bonds. The Labute approximate surface area is 145 Å². The minimum atomic E-state index is -0.567.